The molecule has 0 N–H and O–H groups in total. The highest BCUT2D eigenvalue weighted by atomic mass is 16.7. The van der Waals surface area contributed by atoms with Crippen LogP contribution in [0.2, 0.25) is 0 Å². The van der Waals surface area contributed by atoms with E-state index in [-0.39, 0.29) is 19.2 Å². The van der Waals surface area contributed by atoms with Gasteiger partial charge in [0.25, 0.3) is 0 Å². The van der Waals surface area contributed by atoms with E-state index < -0.39 is 30.4 Å². The van der Waals surface area contributed by atoms with Crippen molar-refractivity contribution in [3.8, 4) is 5.75 Å². The van der Waals surface area contributed by atoms with Crippen molar-refractivity contribution in [1.29, 1.82) is 0 Å². The van der Waals surface area contributed by atoms with Crippen LogP contribution < -0.4 is 4.74 Å². The number of carbonyl (C=O) groups is 2. The third-order valence-electron chi connectivity index (χ3n) is 3.86. The summed E-state index contributed by atoms with van der Waals surface area (Å²) in [6.45, 7) is 1.80. The van der Waals surface area contributed by atoms with Gasteiger partial charge in [0, 0.05) is 6.92 Å². The highest BCUT2D eigenvalue weighted by Gasteiger charge is 2.51. The number of rotatable bonds is 4. The van der Waals surface area contributed by atoms with Crippen LogP contribution >= 0.6 is 0 Å². The fourth-order valence-electron chi connectivity index (χ4n) is 2.78. The minimum absolute atomic E-state index is 0.217. The van der Waals surface area contributed by atoms with Gasteiger partial charge in [-0.15, -0.1) is 0 Å². The van der Waals surface area contributed by atoms with Crippen molar-refractivity contribution in [2.24, 2.45) is 0 Å². The van der Waals surface area contributed by atoms with Gasteiger partial charge < -0.3 is 23.7 Å². The first-order valence-corrected chi connectivity index (χ1v) is 7.34. The second kappa shape index (κ2) is 6.55. The van der Waals surface area contributed by atoms with Gasteiger partial charge in [-0.2, -0.15) is 0 Å². The highest BCUT2D eigenvalue weighted by Crippen LogP contribution is 2.31. The molecule has 0 aromatic heterocycles. The lowest BCUT2D eigenvalue weighted by molar-refractivity contribution is -0.151. The number of ether oxygens (including phenoxy) is 5. The summed E-state index contributed by atoms with van der Waals surface area (Å²) in [7, 11) is 1.56. The smallest absolute Gasteiger partial charge is 0.338 e. The Morgan fingerprint density at radius 3 is 2.09 bits per heavy atom. The van der Waals surface area contributed by atoms with Crippen molar-refractivity contribution in [2.75, 3.05) is 20.3 Å². The van der Waals surface area contributed by atoms with Crippen LogP contribution in [0.1, 0.15) is 17.3 Å². The largest absolute Gasteiger partial charge is 0.497 e. The van der Waals surface area contributed by atoms with Crippen LogP contribution in [0.25, 0.3) is 0 Å². The summed E-state index contributed by atoms with van der Waals surface area (Å²) in [5.74, 6) is -0.183. The van der Waals surface area contributed by atoms with Crippen LogP contribution in [-0.2, 0) is 23.7 Å². The minimum atomic E-state index is -0.518. The second-order valence-electron chi connectivity index (χ2n) is 5.42. The predicted octanol–water partition coefficient (Wildman–Crippen LogP) is 0.950. The molecule has 0 radical (unpaired) electrons. The van der Waals surface area contributed by atoms with Crippen LogP contribution in [0, 0.1) is 0 Å². The molecule has 4 atom stereocenters. The molecule has 1 aromatic carbocycles. The predicted molar refractivity (Wildman–Crippen MR) is 77.2 cm³/mol. The molecule has 23 heavy (non-hydrogen) atoms. The van der Waals surface area contributed by atoms with Gasteiger partial charge >= 0.3 is 11.9 Å². The van der Waals surface area contributed by atoms with Crippen molar-refractivity contribution in [1.82, 2.24) is 0 Å². The Balaban J connectivity index is 1.60. The summed E-state index contributed by atoms with van der Waals surface area (Å²) < 4.78 is 26.8. The van der Waals surface area contributed by atoms with E-state index in [2.05, 4.69) is 0 Å². The molecule has 1 aromatic rings. The number of fused-ring (bicyclic) bond motifs is 1. The van der Waals surface area contributed by atoms with E-state index in [9.17, 15) is 9.59 Å². The number of hydrogen-bond acceptors (Lipinski definition) is 7. The molecule has 2 fully saturated rings. The first-order chi connectivity index (χ1) is 11.1. The van der Waals surface area contributed by atoms with Gasteiger partial charge in [-0.25, -0.2) is 4.79 Å². The van der Waals surface area contributed by atoms with Crippen molar-refractivity contribution in [3.05, 3.63) is 29.8 Å². The van der Waals surface area contributed by atoms with Gasteiger partial charge in [0.15, 0.2) is 12.2 Å². The van der Waals surface area contributed by atoms with Crippen molar-refractivity contribution in [3.63, 3.8) is 0 Å². The summed E-state index contributed by atoms with van der Waals surface area (Å²) in [6.07, 6.45) is -1.79. The molecule has 2 saturated heterocycles. The van der Waals surface area contributed by atoms with E-state index in [1.807, 2.05) is 0 Å². The van der Waals surface area contributed by atoms with Crippen molar-refractivity contribution < 1.29 is 33.3 Å². The first kappa shape index (κ1) is 15.8. The number of methoxy groups -OCH3 is 1. The van der Waals surface area contributed by atoms with Gasteiger partial charge in [-0.05, 0) is 24.3 Å². The molecule has 7 heteroatoms. The van der Waals surface area contributed by atoms with Gasteiger partial charge in [0.2, 0.25) is 0 Å². The first-order valence-electron chi connectivity index (χ1n) is 7.34. The van der Waals surface area contributed by atoms with Gasteiger partial charge in [0.1, 0.15) is 18.0 Å². The molecule has 2 aliphatic rings. The number of hydrogen-bond donors (Lipinski definition) is 0. The fourth-order valence-corrected chi connectivity index (χ4v) is 2.78. The topological polar surface area (TPSA) is 80.3 Å². The van der Waals surface area contributed by atoms with E-state index in [0.717, 1.165) is 0 Å². The lowest BCUT2D eigenvalue weighted by Crippen LogP contribution is -2.35. The maximum absolute atomic E-state index is 12.2. The molecular weight excluding hydrogens is 304 g/mol. The molecule has 0 spiro atoms. The number of carbonyl (C=O) groups excluding carboxylic acids is 2. The zero-order valence-corrected chi connectivity index (χ0v) is 12.9. The lowest BCUT2D eigenvalue weighted by atomic mass is 10.1. The second-order valence-corrected chi connectivity index (χ2v) is 5.42. The summed E-state index contributed by atoms with van der Waals surface area (Å²) in [5, 5.41) is 0. The molecule has 0 bridgehead atoms. The maximum Gasteiger partial charge on any atom is 0.338 e. The van der Waals surface area contributed by atoms with Crippen LogP contribution in [0.5, 0.6) is 5.75 Å². The zero-order chi connectivity index (χ0) is 16.4. The average Bonchev–Trinajstić information content (AvgIpc) is 3.11. The summed E-state index contributed by atoms with van der Waals surface area (Å²) in [5.41, 5.74) is 0.420. The Bertz CT molecular complexity index is 583. The van der Waals surface area contributed by atoms with E-state index in [1.165, 1.54) is 6.92 Å². The van der Waals surface area contributed by atoms with E-state index in [0.29, 0.717) is 11.3 Å². The Morgan fingerprint density at radius 1 is 1.00 bits per heavy atom. The molecule has 2 aliphatic heterocycles. The van der Waals surface area contributed by atoms with Gasteiger partial charge in [-0.1, -0.05) is 0 Å². The Hall–Kier alpha value is -2.12. The van der Waals surface area contributed by atoms with Crippen LogP contribution in [0.3, 0.4) is 0 Å². The van der Waals surface area contributed by atoms with Gasteiger partial charge in [0.05, 0.1) is 25.9 Å². The molecule has 7 nitrogen and oxygen atoms in total. The van der Waals surface area contributed by atoms with E-state index >= 15 is 0 Å². The normalized spacial score (nSPS) is 29.0. The van der Waals surface area contributed by atoms with Crippen LogP contribution in [0.15, 0.2) is 24.3 Å². The van der Waals surface area contributed by atoms with Gasteiger partial charge in [-0.3, -0.25) is 4.79 Å². The summed E-state index contributed by atoms with van der Waals surface area (Å²) >= 11 is 0. The SMILES string of the molecule is COc1ccc(C(=O)O[C@@H]2CO[C@H]3[C@@H]2OC[C@@H]3OC(C)=O)cc1. The molecule has 0 amide bonds. The van der Waals surface area contributed by atoms with Crippen LogP contribution in [-0.4, -0.2) is 56.7 Å². The summed E-state index contributed by atoms with van der Waals surface area (Å²) in [4.78, 5) is 23.2. The minimum Gasteiger partial charge on any atom is -0.497 e. The molecule has 0 saturated carbocycles. The Kier molecular flexibility index (Phi) is 4.49. The number of benzene rings is 1. The number of esters is 2. The molecule has 0 unspecified atom stereocenters. The average molecular weight is 322 g/mol. The van der Waals surface area contributed by atoms with Crippen molar-refractivity contribution >= 4 is 11.9 Å². The monoisotopic (exact) mass is 322 g/mol. The molecule has 3 rings (SSSR count). The summed E-state index contributed by atoms with van der Waals surface area (Å²) in [6, 6.07) is 6.64. The molecule has 2 heterocycles. The highest BCUT2D eigenvalue weighted by molar-refractivity contribution is 5.89. The van der Waals surface area contributed by atoms with Crippen LogP contribution in [0.4, 0.5) is 0 Å². The third kappa shape index (κ3) is 3.30. The molecule has 0 aliphatic carbocycles. The molecular formula is C16H18O7. The third-order valence-corrected chi connectivity index (χ3v) is 3.86. The fraction of sp³-hybridized carbons (Fsp3) is 0.500. The Morgan fingerprint density at radius 2 is 1.57 bits per heavy atom. The zero-order valence-electron chi connectivity index (χ0n) is 12.9. The lowest BCUT2D eigenvalue weighted by Gasteiger charge is -2.17. The standard InChI is InChI=1S/C16H18O7/c1-9(17)22-12-7-20-15-13(8-21-14(12)15)23-16(18)10-3-5-11(19-2)6-4-10/h3-6,12-15H,7-8H2,1-2H3/t12-,13+,14+,15+/m0/s1. The van der Waals surface area contributed by atoms with Crippen molar-refractivity contribution in [2.45, 2.75) is 31.3 Å². The quantitative estimate of drug-likeness (QED) is 0.763. The molecule has 124 valence electrons. The van der Waals surface area contributed by atoms with E-state index in [4.69, 9.17) is 23.7 Å². The Labute approximate surface area is 133 Å². The van der Waals surface area contributed by atoms with E-state index in [1.54, 1.807) is 31.4 Å². The maximum atomic E-state index is 12.2.